The van der Waals surface area contributed by atoms with Gasteiger partial charge in [0.2, 0.25) is 0 Å². The normalized spacial score (nSPS) is 11.8. The van der Waals surface area contributed by atoms with Crippen LogP contribution in [0.3, 0.4) is 0 Å². The minimum absolute atomic E-state index is 0.141. The monoisotopic (exact) mass is 340 g/mol. The van der Waals surface area contributed by atoms with Crippen molar-refractivity contribution in [3.8, 4) is 5.75 Å². The Kier molecular flexibility index (Phi) is 5.03. The molecule has 1 heterocycles. The van der Waals surface area contributed by atoms with E-state index in [4.69, 9.17) is 4.74 Å². The predicted molar refractivity (Wildman–Crippen MR) is 89.6 cm³/mol. The summed E-state index contributed by atoms with van der Waals surface area (Å²) in [6.45, 7) is 0.396. The maximum atomic E-state index is 13.6. The highest BCUT2D eigenvalue weighted by Crippen LogP contribution is 2.21. The molecule has 0 unspecified atom stereocenters. The highest BCUT2D eigenvalue weighted by molar-refractivity contribution is 5.97. The van der Waals surface area contributed by atoms with Crippen LogP contribution in [0.25, 0.3) is 0 Å². The van der Waals surface area contributed by atoms with Crippen LogP contribution in [0.1, 0.15) is 22.0 Å². The van der Waals surface area contributed by atoms with Crippen LogP contribution in [0.2, 0.25) is 0 Å². The fourth-order valence-corrected chi connectivity index (χ4v) is 2.53. The molecule has 7 heteroatoms. The van der Waals surface area contributed by atoms with Gasteiger partial charge in [-0.25, -0.2) is 9.37 Å². The van der Waals surface area contributed by atoms with Crippen molar-refractivity contribution in [3.63, 3.8) is 0 Å². The first-order valence-electron chi connectivity index (χ1n) is 7.69. The van der Waals surface area contributed by atoms with Gasteiger partial charge < -0.3 is 10.1 Å². The third-order valence-corrected chi connectivity index (χ3v) is 3.75. The molecule has 2 aromatic carbocycles. The Hall–Kier alpha value is -3.22. The third-order valence-electron chi connectivity index (χ3n) is 3.75. The first-order valence-corrected chi connectivity index (χ1v) is 7.69. The van der Waals surface area contributed by atoms with E-state index >= 15 is 0 Å². The molecule has 0 aliphatic heterocycles. The first-order chi connectivity index (χ1) is 12.2. The van der Waals surface area contributed by atoms with Crippen molar-refractivity contribution in [3.05, 3.63) is 78.1 Å². The first kappa shape index (κ1) is 16.6. The fraction of sp³-hybridized carbons (Fsp3) is 0.167. The number of nitrogens with zero attached hydrogens (tertiary/aromatic N) is 3. The van der Waals surface area contributed by atoms with Crippen LogP contribution >= 0.6 is 0 Å². The quantitative estimate of drug-likeness (QED) is 0.749. The number of carbonyl (C=O) groups is 1. The number of halogens is 1. The van der Waals surface area contributed by atoms with Gasteiger partial charge in [0, 0.05) is 0 Å². The van der Waals surface area contributed by atoms with Crippen molar-refractivity contribution >= 4 is 5.91 Å². The zero-order valence-electron chi connectivity index (χ0n) is 13.6. The Labute approximate surface area is 144 Å². The molecule has 0 radical (unpaired) electrons. The summed E-state index contributed by atoms with van der Waals surface area (Å²) in [5.41, 5.74) is 1.05. The second-order valence-electron chi connectivity index (χ2n) is 5.40. The number of nitrogens with one attached hydrogen (secondary N) is 1. The van der Waals surface area contributed by atoms with E-state index in [2.05, 4.69) is 15.4 Å². The van der Waals surface area contributed by atoms with Crippen molar-refractivity contribution in [1.29, 1.82) is 0 Å². The smallest absolute Gasteiger partial charge is 0.255 e. The van der Waals surface area contributed by atoms with Gasteiger partial charge in [-0.3, -0.25) is 9.48 Å². The maximum Gasteiger partial charge on any atom is 0.255 e. The van der Waals surface area contributed by atoms with Crippen LogP contribution in [0.5, 0.6) is 5.75 Å². The fourth-order valence-electron chi connectivity index (χ4n) is 2.53. The van der Waals surface area contributed by atoms with Crippen LogP contribution in [0.15, 0.2) is 61.2 Å². The predicted octanol–water partition coefficient (Wildman–Crippen LogP) is 2.60. The highest BCUT2D eigenvalue weighted by Gasteiger charge is 2.20. The molecule has 0 aliphatic rings. The average Bonchev–Trinajstić information content (AvgIpc) is 3.15. The summed E-state index contributed by atoms with van der Waals surface area (Å²) in [6, 6.07) is 13.0. The lowest BCUT2D eigenvalue weighted by Gasteiger charge is -2.20. The summed E-state index contributed by atoms with van der Waals surface area (Å²) in [6.07, 6.45) is 3.00. The van der Waals surface area contributed by atoms with Crippen molar-refractivity contribution in [2.75, 3.05) is 7.11 Å². The van der Waals surface area contributed by atoms with Crippen molar-refractivity contribution in [1.82, 2.24) is 20.1 Å². The summed E-state index contributed by atoms with van der Waals surface area (Å²) in [7, 11) is 1.44. The minimum atomic E-state index is -0.501. The third kappa shape index (κ3) is 4.00. The molecule has 0 aliphatic carbocycles. The summed E-state index contributed by atoms with van der Waals surface area (Å²) in [4.78, 5) is 16.6. The van der Waals surface area contributed by atoms with Gasteiger partial charge in [-0.2, -0.15) is 5.10 Å². The second kappa shape index (κ2) is 7.57. The lowest BCUT2D eigenvalue weighted by Crippen LogP contribution is -2.32. The van der Waals surface area contributed by atoms with E-state index in [0.29, 0.717) is 12.3 Å². The Balaban J connectivity index is 1.87. The standard InChI is InChI=1S/C18H17FN4O2/c1-25-17-8-7-14(19)9-15(17)18(24)22-16(10-23-12-20-11-21-23)13-5-3-2-4-6-13/h2-9,11-12,16H,10H2,1H3,(H,22,24)/t16-/m1/s1. The van der Waals surface area contributed by atoms with Gasteiger partial charge in [0.1, 0.15) is 24.2 Å². The molecule has 1 N–H and O–H groups in total. The highest BCUT2D eigenvalue weighted by atomic mass is 19.1. The zero-order chi connectivity index (χ0) is 17.6. The van der Waals surface area contributed by atoms with Gasteiger partial charge in [-0.15, -0.1) is 0 Å². The lowest BCUT2D eigenvalue weighted by atomic mass is 10.1. The van der Waals surface area contributed by atoms with E-state index < -0.39 is 11.7 Å². The molecule has 1 atom stereocenters. The molecule has 25 heavy (non-hydrogen) atoms. The molecular weight excluding hydrogens is 323 g/mol. The Morgan fingerprint density at radius 1 is 1.28 bits per heavy atom. The molecule has 3 rings (SSSR count). The molecule has 1 aromatic heterocycles. The van der Waals surface area contributed by atoms with E-state index in [0.717, 1.165) is 11.6 Å². The Morgan fingerprint density at radius 2 is 2.08 bits per heavy atom. The van der Waals surface area contributed by atoms with Crippen molar-refractivity contribution in [2.45, 2.75) is 12.6 Å². The van der Waals surface area contributed by atoms with Crippen LogP contribution in [-0.2, 0) is 6.54 Å². The van der Waals surface area contributed by atoms with Crippen LogP contribution in [-0.4, -0.2) is 27.8 Å². The van der Waals surface area contributed by atoms with E-state index in [1.807, 2.05) is 30.3 Å². The van der Waals surface area contributed by atoms with Crippen molar-refractivity contribution in [2.24, 2.45) is 0 Å². The summed E-state index contributed by atoms with van der Waals surface area (Å²) >= 11 is 0. The molecule has 1 amide bonds. The van der Waals surface area contributed by atoms with Crippen LogP contribution in [0.4, 0.5) is 4.39 Å². The number of rotatable bonds is 6. The van der Waals surface area contributed by atoms with Crippen molar-refractivity contribution < 1.29 is 13.9 Å². The SMILES string of the molecule is COc1ccc(F)cc1C(=O)N[C@H](Cn1cncn1)c1ccccc1. The summed E-state index contributed by atoms with van der Waals surface area (Å²) in [5.74, 6) is -0.615. The maximum absolute atomic E-state index is 13.6. The van der Waals surface area contributed by atoms with Gasteiger partial charge in [-0.1, -0.05) is 30.3 Å². The number of amides is 1. The minimum Gasteiger partial charge on any atom is -0.496 e. The van der Waals surface area contributed by atoms with E-state index in [1.165, 1.54) is 25.6 Å². The number of hydrogen-bond acceptors (Lipinski definition) is 4. The summed E-state index contributed by atoms with van der Waals surface area (Å²) in [5, 5.41) is 6.99. The molecular formula is C18H17FN4O2. The molecule has 0 fully saturated rings. The Morgan fingerprint density at radius 3 is 2.76 bits per heavy atom. The molecule has 3 aromatic rings. The molecule has 6 nitrogen and oxygen atoms in total. The van der Waals surface area contributed by atoms with Gasteiger partial charge >= 0.3 is 0 Å². The molecule has 0 bridgehead atoms. The average molecular weight is 340 g/mol. The molecule has 128 valence electrons. The number of hydrogen-bond donors (Lipinski definition) is 1. The van der Waals surface area contributed by atoms with Gasteiger partial charge in [-0.05, 0) is 23.8 Å². The van der Waals surface area contributed by atoms with Crippen LogP contribution in [0, 0.1) is 5.82 Å². The molecule has 0 saturated heterocycles. The number of aromatic nitrogens is 3. The number of ether oxygens (including phenoxy) is 1. The second-order valence-corrected chi connectivity index (χ2v) is 5.40. The van der Waals surface area contributed by atoms with E-state index in [9.17, 15) is 9.18 Å². The van der Waals surface area contributed by atoms with Gasteiger partial charge in [0.25, 0.3) is 5.91 Å². The molecule has 0 saturated carbocycles. The van der Waals surface area contributed by atoms with Gasteiger partial charge in [0.05, 0.1) is 25.3 Å². The topological polar surface area (TPSA) is 69.0 Å². The number of methoxy groups -OCH3 is 1. The zero-order valence-corrected chi connectivity index (χ0v) is 13.6. The molecule has 0 spiro atoms. The van der Waals surface area contributed by atoms with E-state index in [-0.39, 0.29) is 11.6 Å². The Bertz CT molecular complexity index is 838. The van der Waals surface area contributed by atoms with Gasteiger partial charge in [0.15, 0.2) is 0 Å². The largest absolute Gasteiger partial charge is 0.496 e. The number of benzene rings is 2. The summed E-state index contributed by atoms with van der Waals surface area (Å²) < 4.78 is 20.3. The lowest BCUT2D eigenvalue weighted by molar-refractivity contribution is 0.0928. The van der Waals surface area contributed by atoms with Crippen LogP contribution < -0.4 is 10.1 Å². The number of carbonyl (C=O) groups excluding carboxylic acids is 1. The van der Waals surface area contributed by atoms with E-state index in [1.54, 1.807) is 11.0 Å².